The van der Waals surface area contributed by atoms with Crippen LogP contribution in [0.25, 0.3) is 0 Å². The minimum Gasteiger partial charge on any atom is -0.383 e. The van der Waals surface area contributed by atoms with Crippen LogP contribution >= 0.6 is 0 Å². The summed E-state index contributed by atoms with van der Waals surface area (Å²) in [6.45, 7) is 3.69. The molecule has 120 valence electrons. The first-order chi connectivity index (χ1) is 10.1. The molecule has 0 bridgehead atoms. The fraction of sp³-hybridized carbons (Fsp3) is 0.769. The molecule has 1 aliphatic heterocycles. The van der Waals surface area contributed by atoms with Gasteiger partial charge in [0.2, 0.25) is 5.91 Å². The van der Waals surface area contributed by atoms with Crippen LogP contribution in [0.5, 0.6) is 0 Å². The number of rotatable bonds is 6. The van der Waals surface area contributed by atoms with Crippen LogP contribution < -0.4 is 16.0 Å². The van der Waals surface area contributed by atoms with Crippen LogP contribution in [0.3, 0.4) is 0 Å². The SMILES string of the molecule is COCCNC(=O)CCNC(=O)C(=O)N1CCCNCC1. The lowest BCUT2D eigenvalue weighted by atomic mass is 10.3. The summed E-state index contributed by atoms with van der Waals surface area (Å²) >= 11 is 0. The standard InChI is InChI=1S/C13H24N4O4/c1-21-10-7-15-11(18)3-5-16-12(19)13(20)17-8-2-4-14-6-9-17/h14H,2-10H2,1H3,(H,15,18)(H,16,19). The Kier molecular flexibility index (Phi) is 8.37. The van der Waals surface area contributed by atoms with Gasteiger partial charge in [0.05, 0.1) is 6.61 Å². The smallest absolute Gasteiger partial charge is 0.311 e. The van der Waals surface area contributed by atoms with Crippen molar-refractivity contribution in [2.24, 2.45) is 0 Å². The van der Waals surface area contributed by atoms with E-state index in [1.54, 1.807) is 7.11 Å². The molecular weight excluding hydrogens is 276 g/mol. The monoisotopic (exact) mass is 300 g/mol. The molecule has 0 radical (unpaired) electrons. The van der Waals surface area contributed by atoms with Crippen LogP contribution in [0.1, 0.15) is 12.8 Å². The van der Waals surface area contributed by atoms with E-state index in [2.05, 4.69) is 16.0 Å². The molecule has 1 heterocycles. The van der Waals surface area contributed by atoms with Crippen LogP contribution in [0.4, 0.5) is 0 Å². The second-order valence-corrected chi connectivity index (χ2v) is 4.74. The number of ether oxygens (including phenoxy) is 1. The molecule has 1 fully saturated rings. The third-order valence-corrected chi connectivity index (χ3v) is 3.09. The van der Waals surface area contributed by atoms with Crippen molar-refractivity contribution in [3.05, 3.63) is 0 Å². The maximum atomic E-state index is 11.9. The van der Waals surface area contributed by atoms with Crippen molar-refractivity contribution in [3.8, 4) is 0 Å². The summed E-state index contributed by atoms with van der Waals surface area (Å²) in [5, 5.41) is 8.28. The Balaban J connectivity index is 2.20. The summed E-state index contributed by atoms with van der Waals surface area (Å²) < 4.78 is 4.80. The van der Waals surface area contributed by atoms with Gasteiger partial charge in [-0.2, -0.15) is 0 Å². The van der Waals surface area contributed by atoms with Crippen molar-refractivity contribution in [1.29, 1.82) is 0 Å². The molecule has 3 amide bonds. The maximum Gasteiger partial charge on any atom is 0.311 e. The Hall–Kier alpha value is -1.67. The van der Waals surface area contributed by atoms with Gasteiger partial charge in [0, 0.05) is 46.3 Å². The second-order valence-electron chi connectivity index (χ2n) is 4.74. The molecule has 1 aliphatic rings. The van der Waals surface area contributed by atoms with E-state index in [-0.39, 0.29) is 18.9 Å². The molecule has 0 aromatic rings. The van der Waals surface area contributed by atoms with Crippen LogP contribution in [0.2, 0.25) is 0 Å². The number of nitrogens with one attached hydrogen (secondary N) is 3. The van der Waals surface area contributed by atoms with Crippen molar-refractivity contribution in [1.82, 2.24) is 20.9 Å². The molecule has 0 aliphatic carbocycles. The summed E-state index contributed by atoms with van der Waals surface area (Å²) in [7, 11) is 1.55. The quantitative estimate of drug-likeness (QED) is 0.392. The zero-order valence-electron chi connectivity index (χ0n) is 12.4. The molecule has 0 spiro atoms. The van der Waals surface area contributed by atoms with E-state index in [0.29, 0.717) is 32.8 Å². The number of hydrogen-bond donors (Lipinski definition) is 3. The molecule has 0 aromatic carbocycles. The first-order valence-corrected chi connectivity index (χ1v) is 7.18. The van der Waals surface area contributed by atoms with Gasteiger partial charge in [0.15, 0.2) is 0 Å². The fourth-order valence-electron chi connectivity index (χ4n) is 1.94. The molecule has 0 aromatic heterocycles. The van der Waals surface area contributed by atoms with Gasteiger partial charge in [-0.25, -0.2) is 0 Å². The number of methoxy groups -OCH3 is 1. The Morgan fingerprint density at radius 1 is 1.14 bits per heavy atom. The molecular formula is C13H24N4O4. The Bertz CT molecular complexity index is 354. The molecule has 0 unspecified atom stereocenters. The summed E-state index contributed by atoms with van der Waals surface area (Å²) in [5.74, 6) is -1.36. The van der Waals surface area contributed by atoms with Gasteiger partial charge in [-0.05, 0) is 13.0 Å². The van der Waals surface area contributed by atoms with Crippen LogP contribution in [0.15, 0.2) is 0 Å². The Morgan fingerprint density at radius 3 is 2.71 bits per heavy atom. The van der Waals surface area contributed by atoms with Crippen LogP contribution in [-0.4, -0.2) is 75.6 Å². The van der Waals surface area contributed by atoms with E-state index in [0.717, 1.165) is 13.0 Å². The number of carbonyl (C=O) groups is 3. The predicted octanol–water partition coefficient (Wildman–Crippen LogP) is -1.92. The van der Waals surface area contributed by atoms with Gasteiger partial charge in [-0.3, -0.25) is 14.4 Å². The molecule has 1 rings (SSSR count). The lowest BCUT2D eigenvalue weighted by molar-refractivity contribution is -0.145. The highest BCUT2D eigenvalue weighted by atomic mass is 16.5. The maximum absolute atomic E-state index is 11.9. The van der Waals surface area contributed by atoms with E-state index in [9.17, 15) is 14.4 Å². The number of carbonyl (C=O) groups excluding carboxylic acids is 3. The molecule has 0 atom stereocenters. The average molecular weight is 300 g/mol. The predicted molar refractivity (Wildman–Crippen MR) is 76.6 cm³/mol. The lowest BCUT2D eigenvalue weighted by Crippen LogP contribution is -2.45. The zero-order chi connectivity index (χ0) is 15.5. The van der Waals surface area contributed by atoms with Crippen molar-refractivity contribution < 1.29 is 19.1 Å². The summed E-state index contributed by atoms with van der Waals surface area (Å²) in [5.41, 5.74) is 0. The minimum absolute atomic E-state index is 0.143. The minimum atomic E-state index is -0.651. The van der Waals surface area contributed by atoms with Gasteiger partial charge in [0.1, 0.15) is 0 Å². The van der Waals surface area contributed by atoms with Crippen molar-refractivity contribution in [3.63, 3.8) is 0 Å². The first-order valence-electron chi connectivity index (χ1n) is 7.18. The highest BCUT2D eigenvalue weighted by Crippen LogP contribution is 1.96. The molecule has 0 saturated carbocycles. The van der Waals surface area contributed by atoms with Crippen LogP contribution in [0, 0.1) is 0 Å². The summed E-state index contributed by atoms with van der Waals surface area (Å²) in [4.78, 5) is 36.6. The van der Waals surface area contributed by atoms with E-state index in [1.165, 1.54) is 4.90 Å². The third kappa shape index (κ3) is 7.05. The van der Waals surface area contributed by atoms with Crippen LogP contribution in [-0.2, 0) is 19.1 Å². The van der Waals surface area contributed by atoms with Gasteiger partial charge in [-0.15, -0.1) is 0 Å². The average Bonchev–Trinajstić information content (AvgIpc) is 2.75. The molecule has 3 N–H and O–H groups in total. The van der Waals surface area contributed by atoms with Crippen molar-refractivity contribution in [2.45, 2.75) is 12.8 Å². The van der Waals surface area contributed by atoms with Crippen molar-refractivity contribution >= 4 is 17.7 Å². The van der Waals surface area contributed by atoms with Gasteiger partial charge < -0.3 is 25.6 Å². The molecule has 8 nitrogen and oxygen atoms in total. The number of hydrogen-bond acceptors (Lipinski definition) is 5. The molecule has 8 heteroatoms. The van der Waals surface area contributed by atoms with Crippen molar-refractivity contribution in [2.75, 3.05) is 53.0 Å². The summed E-state index contributed by atoms with van der Waals surface area (Å²) in [6, 6.07) is 0. The van der Waals surface area contributed by atoms with Gasteiger partial charge in [0.25, 0.3) is 0 Å². The van der Waals surface area contributed by atoms with Gasteiger partial charge >= 0.3 is 11.8 Å². The third-order valence-electron chi connectivity index (χ3n) is 3.09. The lowest BCUT2D eigenvalue weighted by Gasteiger charge is -2.19. The van der Waals surface area contributed by atoms with E-state index in [4.69, 9.17) is 4.74 Å². The molecule has 1 saturated heterocycles. The van der Waals surface area contributed by atoms with E-state index >= 15 is 0 Å². The molecule has 21 heavy (non-hydrogen) atoms. The Labute approximate surface area is 124 Å². The highest BCUT2D eigenvalue weighted by molar-refractivity contribution is 6.35. The highest BCUT2D eigenvalue weighted by Gasteiger charge is 2.22. The zero-order valence-corrected chi connectivity index (χ0v) is 12.4. The van der Waals surface area contributed by atoms with E-state index < -0.39 is 11.8 Å². The Morgan fingerprint density at radius 2 is 1.95 bits per heavy atom. The number of amides is 3. The largest absolute Gasteiger partial charge is 0.383 e. The van der Waals surface area contributed by atoms with Gasteiger partial charge in [-0.1, -0.05) is 0 Å². The van der Waals surface area contributed by atoms with E-state index in [1.807, 2.05) is 0 Å². The topological polar surface area (TPSA) is 99.8 Å². The second kappa shape index (κ2) is 10.1. The number of nitrogens with zero attached hydrogens (tertiary/aromatic N) is 1. The summed E-state index contributed by atoms with van der Waals surface area (Å²) in [6.07, 6.45) is 0.977. The normalized spacial score (nSPS) is 15.2. The fourth-order valence-corrected chi connectivity index (χ4v) is 1.94. The first kappa shape index (κ1) is 17.4.